The third kappa shape index (κ3) is 3.16. The van der Waals surface area contributed by atoms with E-state index in [1.807, 2.05) is 0 Å². The third-order valence-electron chi connectivity index (χ3n) is 3.46. The summed E-state index contributed by atoms with van der Waals surface area (Å²) in [5, 5.41) is 0. The minimum absolute atomic E-state index is 0.359. The van der Waals surface area contributed by atoms with Crippen molar-refractivity contribution in [1.82, 2.24) is 0 Å². The molecule has 0 unspecified atom stereocenters. The molecule has 0 radical (unpaired) electrons. The monoisotopic (exact) mass is 292 g/mol. The van der Waals surface area contributed by atoms with Crippen LogP contribution in [0.4, 0.5) is 0 Å². The standard InChI is InChI=1S/C12H15Cl3Si/c13-16(14,15)12-8-6-11(7-9-12)10-4-2-1-3-5-10/h1-5,11-12H,6-9H2. The summed E-state index contributed by atoms with van der Waals surface area (Å²) in [6.45, 7) is 0. The van der Waals surface area contributed by atoms with Crippen LogP contribution in [-0.4, -0.2) is 6.00 Å². The van der Waals surface area contributed by atoms with Crippen LogP contribution in [-0.2, 0) is 0 Å². The zero-order valence-electron chi connectivity index (χ0n) is 9.00. The summed E-state index contributed by atoms with van der Waals surface area (Å²) < 4.78 is 0. The van der Waals surface area contributed by atoms with Crippen LogP contribution in [0.15, 0.2) is 30.3 Å². The molecule has 4 heteroatoms. The van der Waals surface area contributed by atoms with E-state index in [0.717, 1.165) is 25.7 Å². The van der Waals surface area contributed by atoms with Crippen LogP contribution >= 0.6 is 33.2 Å². The van der Waals surface area contributed by atoms with Crippen LogP contribution in [0, 0.1) is 0 Å². The van der Waals surface area contributed by atoms with E-state index >= 15 is 0 Å². The summed E-state index contributed by atoms with van der Waals surface area (Å²) >= 11 is 18.2. The van der Waals surface area contributed by atoms with E-state index in [2.05, 4.69) is 30.3 Å². The minimum Gasteiger partial charge on any atom is -0.126 e. The first-order valence-corrected chi connectivity index (χ1v) is 10.8. The zero-order valence-corrected chi connectivity index (χ0v) is 12.3. The fourth-order valence-corrected chi connectivity index (χ4v) is 5.43. The van der Waals surface area contributed by atoms with Gasteiger partial charge in [-0.3, -0.25) is 0 Å². The lowest BCUT2D eigenvalue weighted by atomic mass is 9.84. The molecule has 2 rings (SSSR count). The molecule has 0 heterocycles. The van der Waals surface area contributed by atoms with Crippen molar-refractivity contribution in [3.63, 3.8) is 0 Å². The summed E-state index contributed by atoms with van der Waals surface area (Å²) in [7, 11) is 0. The van der Waals surface area contributed by atoms with E-state index in [1.54, 1.807) is 0 Å². The molecule has 16 heavy (non-hydrogen) atoms. The number of halogens is 3. The second-order valence-electron chi connectivity index (χ2n) is 4.50. The lowest BCUT2D eigenvalue weighted by Crippen LogP contribution is -2.24. The average Bonchev–Trinajstić information content (AvgIpc) is 2.29. The maximum Gasteiger partial charge on any atom is 0.344 e. The van der Waals surface area contributed by atoms with E-state index in [0.29, 0.717) is 11.5 Å². The maximum atomic E-state index is 6.08. The van der Waals surface area contributed by atoms with Crippen LogP contribution in [0.2, 0.25) is 5.54 Å². The molecule has 0 amide bonds. The molecule has 1 aliphatic carbocycles. The molecule has 0 nitrogen and oxygen atoms in total. The topological polar surface area (TPSA) is 0 Å². The van der Waals surface area contributed by atoms with Gasteiger partial charge >= 0.3 is 6.00 Å². The molecule has 1 saturated carbocycles. The highest BCUT2D eigenvalue weighted by atomic mass is 35.8. The van der Waals surface area contributed by atoms with Crippen molar-refractivity contribution in [3.05, 3.63) is 35.9 Å². The highest BCUT2D eigenvalue weighted by molar-refractivity contribution is 7.65. The van der Waals surface area contributed by atoms with Crippen molar-refractivity contribution in [2.24, 2.45) is 0 Å². The largest absolute Gasteiger partial charge is 0.344 e. The Balaban J connectivity index is 1.96. The van der Waals surface area contributed by atoms with E-state index in [-0.39, 0.29) is 0 Å². The maximum absolute atomic E-state index is 6.08. The third-order valence-corrected chi connectivity index (χ3v) is 7.74. The number of benzene rings is 1. The van der Waals surface area contributed by atoms with Crippen molar-refractivity contribution in [3.8, 4) is 0 Å². The van der Waals surface area contributed by atoms with Crippen molar-refractivity contribution >= 4 is 39.2 Å². The lowest BCUT2D eigenvalue weighted by molar-refractivity contribution is 0.441. The van der Waals surface area contributed by atoms with Crippen LogP contribution in [0.3, 0.4) is 0 Å². The molecule has 1 aromatic rings. The Bertz CT molecular complexity index is 326. The smallest absolute Gasteiger partial charge is 0.126 e. The summed E-state index contributed by atoms with van der Waals surface area (Å²) in [6.07, 6.45) is 4.47. The Hall–Kier alpha value is 0.307. The van der Waals surface area contributed by atoms with Crippen molar-refractivity contribution in [2.75, 3.05) is 0 Å². The molecular weight excluding hydrogens is 279 g/mol. The zero-order chi connectivity index (χ0) is 11.6. The molecule has 0 aliphatic heterocycles. The lowest BCUT2D eigenvalue weighted by Gasteiger charge is -2.31. The second kappa shape index (κ2) is 5.30. The highest BCUT2D eigenvalue weighted by Gasteiger charge is 2.39. The molecule has 0 spiro atoms. The van der Waals surface area contributed by atoms with Gasteiger partial charge in [0.1, 0.15) is 0 Å². The molecule has 0 saturated heterocycles. The van der Waals surface area contributed by atoms with Gasteiger partial charge in [0.15, 0.2) is 0 Å². The predicted octanol–water partition coefficient (Wildman–Crippen LogP) is 5.37. The Kier molecular flexibility index (Phi) is 4.23. The van der Waals surface area contributed by atoms with E-state index in [4.69, 9.17) is 33.2 Å². The summed E-state index contributed by atoms with van der Waals surface area (Å²) in [4.78, 5) is 0. The molecule has 88 valence electrons. The van der Waals surface area contributed by atoms with E-state index < -0.39 is 6.00 Å². The Morgan fingerprint density at radius 1 is 0.875 bits per heavy atom. The van der Waals surface area contributed by atoms with Gasteiger partial charge in [0.05, 0.1) is 0 Å². The molecule has 0 N–H and O–H groups in total. The number of rotatable bonds is 2. The van der Waals surface area contributed by atoms with Crippen LogP contribution in [0.25, 0.3) is 0 Å². The fraction of sp³-hybridized carbons (Fsp3) is 0.500. The van der Waals surface area contributed by atoms with Gasteiger partial charge in [-0.05, 0) is 42.7 Å². The Morgan fingerprint density at radius 2 is 1.44 bits per heavy atom. The van der Waals surface area contributed by atoms with Gasteiger partial charge in [-0.25, -0.2) is 0 Å². The van der Waals surface area contributed by atoms with Gasteiger partial charge in [0.2, 0.25) is 0 Å². The molecule has 0 bridgehead atoms. The quantitative estimate of drug-likeness (QED) is 0.508. The van der Waals surface area contributed by atoms with Crippen LogP contribution in [0.1, 0.15) is 37.2 Å². The molecule has 1 aliphatic rings. The van der Waals surface area contributed by atoms with Crippen LogP contribution in [0.5, 0.6) is 0 Å². The minimum atomic E-state index is -2.47. The van der Waals surface area contributed by atoms with Crippen molar-refractivity contribution < 1.29 is 0 Å². The normalized spacial score (nSPS) is 26.7. The van der Waals surface area contributed by atoms with Gasteiger partial charge in [-0.2, -0.15) is 0 Å². The average molecular weight is 294 g/mol. The molecule has 0 aromatic heterocycles. The Labute approximate surface area is 112 Å². The van der Waals surface area contributed by atoms with Crippen molar-refractivity contribution in [1.29, 1.82) is 0 Å². The van der Waals surface area contributed by atoms with Gasteiger partial charge in [0.25, 0.3) is 0 Å². The fourth-order valence-electron chi connectivity index (χ4n) is 2.48. The summed E-state index contributed by atoms with van der Waals surface area (Å²) in [5.41, 5.74) is 1.80. The SMILES string of the molecule is Cl[Si](Cl)(Cl)C1CCC(c2ccccc2)CC1. The molecule has 1 aromatic carbocycles. The number of hydrogen-bond donors (Lipinski definition) is 0. The van der Waals surface area contributed by atoms with Crippen LogP contribution < -0.4 is 0 Å². The Morgan fingerprint density at radius 3 is 1.94 bits per heavy atom. The molecule has 1 fully saturated rings. The first kappa shape index (κ1) is 12.8. The summed E-state index contributed by atoms with van der Waals surface area (Å²) in [6, 6.07) is 8.21. The summed E-state index contributed by atoms with van der Waals surface area (Å²) in [5.74, 6) is 0.666. The van der Waals surface area contributed by atoms with Gasteiger partial charge in [-0.15, -0.1) is 33.2 Å². The molecular formula is C12H15Cl3Si. The van der Waals surface area contributed by atoms with E-state index in [1.165, 1.54) is 5.56 Å². The predicted molar refractivity (Wildman–Crippen MR) is 74.7 cm³/mol. The highest BCUT2D eigenvalue weighted by Crippen LogP contribution is 2.47. The number of hydrogen-bond acceptors (Lipinski definition) is 0. The van der Waals surface area contributed by atoms with Gasteiger partial charge in [0, 0.05) is 0 Å². The first-order chi connectivity index (χ1) is 7.57. The van der Waals surface area contributed by atoms with Gasteiger partial charge in [-0.1, -0.05) is 30.3 Å². The van der Waals surface area contributed by atoms with Crippen molar-refractivity contribution in [2.45, 2.75) is 37.1 Å². The molecule has 0 atom stereocenters. The first-order valence-electron chi connectivity index (χ1n) is 5.69. The second-order valence-corrected chi connectivity index (χ2v) is 13.5. The van der Waals surface area contributed by atoms with Gasteiger partial charge < -0.3 is 0 Å². The van der Waals surface area contributed by atoms with E-state index in [9.17, 15) is 0 Å².